The zero-order valence-electron chi connectivity index (χ0n) is 16.2. The molecule has 9 heteroatoms. The SMILES string of the molecule is C=C(C)COc1ccc2c(C)c(CC(=O)N[C@@H]3CS(=O)(=O)C[C@H]3O)c(=O)oc2c1. The normalized spacial score (nSPS) is 20.5. The van der Waals surface area contributed by atoms with Gasteiger partial charge in [-0.1, -0.05) is 6.58 Å². The molecule has 3 rings (SSSR count). The van der Waals surface area contributed by atoms with E-state index in [2.05, 4.69) is 11.9 Å². The molecule has 1 amide bonds. The summed E-state index contributed by atoms with van der Waals surface area (Å²) in [6.45, 7) is 7.66. The van der Waals surface area contributed by atoms with E-state index in [9.17, 15) is 23.1 Å². The fourth-order valence-electron chi connectivity index (χ4n) is 3.26. The minimum atomic E-state index is -3.38. The van der Waals surface area contributed by atoms with Crippen molar-refractivity contribution in [1.29, 1.82) is 0 Å². The fourth-order valence-corrected chi connectivity index (χ4v) is 5.00. The summed E-state index contributed by atoms with van der Waals surface area (Å²) >= 11 is 0. The number of carbonyl (C=O) groups excluding carboxylic acids is 1. The highest BCUT2D eigenvalue weighted by Gasteiger charge is 2.37. The van der Waals surface area contributed by atoms with Crippen molar-refractivity contribution in [2.75, 3.05) is 18.1 Å². The quantitative estimate of drug-likeness (QED) is 0.524. The van der Waals surface area contributed by atoms with E-state index in [0.717, 1.165) is 5.57 Å². The third-order valence-electron chi connectivity index (χ3n) is 4.75. The van der Waals surface area contributed by atoms with Gasteiger partial charge in [0, 0.05) is 11.5 Å². The van der Waals surface area contributed by atoms with Gasteiger partial charge in [-0.05, 0) is 37.1 Å². The highest BCUT2D eigenvalue weighted by Crippen LogP contribution is 2.24. The maximum absolute atomic E-state index is 12.4. The van der Waals surface area contributed by atoms with Gasteiger partial charge in [0.05, 0.1) is 35.6 Å². The van der Waals surface area contributed by atoms with E-state index in [4.69, 9.17) is 9.15 Å². The van der Waals surface area contributed by atoms with Crippen LogP contribution in [0.2, 0.25) is 0 Å². The lowest BCUT2D eigenvalue weighted by molar-refractivity contribution is -0.121. The summed E-state index contributed by atoms with van der Waals surface area (Å²) in [6, 6.07) is 4.21. The maximum Gasteiger partial charge on any atom is 0.340 e. The molecule has 2 aromatic rings. The number of aliphatic hydroxyl groups excluding tert-OH is 1. The number of rotatable bonds is 6. The average Bonchev–Trinajstić information content (AvgIpc) is 2.88. The second-order valence-corrected chi connectivity index (χ2v) is 9.55. The van der Waals surface area contributed by atoms with Crippen molar-refractivity contribution in [2.45, 2.75) is 32.4 Å². The summed E-state index contributed by atoms with van der Waals surface area (Å²) in [7, 11) is -3.38. The van der Waals surface area contributed by atoms with E-state index in [1.54, 1.807) is 25.1 Å². The molecule has 0 aliphatic carbocycles. The van der Waals surface area contributed by atoms with Crippen LogP contribution in [0, 0.1) is 6.92 Å². The first-order valence-electron chi connectivity index (χ1n) is 9.07. The molecule has 8 nitrogen and oxygen atoms in total. The Bertz CT molecular complexity index is 1130. The molecule has 0 saturated carbocycles. The lowest BCUT2D eigenvalue weighted by atomic mass is 10.0. The number of nitrogens with one attached hydrogen (secondary N) is 1. The van der Waals surface area contributed by atoms with Gasteiger partial charge in [-0.25, -0.2) is 13.2 Å². The standard InChI is InChI=1S/C20H23NO7S/c1-11(2)8-27-13-4-5-14-12(3)15(20(24)28-18(14)6-13)7-19(23)21-16-9-29(25,26)10-17(16)22/h4-6,16-17,22H,1,7-10H2,2-3H3,(H,21,23)/t16-,17-/m1/s1. The third-order valence-corrected chi connectivity index (χ3v) is 6.47. The van der Waals surface area contributed by atoms with Gasteiger partial charge in [-0.2, -0.15) is 0 Å². The van der Waals surface area contributed by atoms with E-state index in [0.29, 0.717) is 28.9 Å². The Balaban J connectivity index is 1.80. The predicted molar refractivity (Wildman–Crippen MR) is 108 cm³/mol. The van der Waals surface area contributed by atoms with Crippen LogP contribution >= 0.6 is 0 Å². The lowest BCUT2D eigenvalue weighted by Crippen LogP contribution is -2.43. The zero-order chi connectivity index (χ0) is 21.3. The largest absolute Gasteiger partial charge is 0.489 e. The molecular formula is C20H23NO7S. The van der Waals surface area contributed by atoms with E-state index in [1.165, 1.54) is 0 Å². The molecule has 1 saturated heterocycles. The Morgan fingerprint density at radius 1 is 1.38 bits per heavy atom. The van der Waals surface area contributed by atoms with Crippen molar-refractivity contribution >= 4 is 26.7 Å². The van der Waals surface area contributed by atoms with Gasteiger partial charge < -0.3 is 19.6 Å². The number of ether oxygens (including phenoxy) is 1. The molecule has 2 heterocycles. The van der Waals surface area contributed by atoms with Crippen LogP contribution in [0.3, 0.4) is 0 Å². The number of hydrogen-bond donors (Lipinski definition) is 2. The van der Waals surface area contributed by atoms with Crippen LogP contribution in [-0.4, -0.2) is 49.7 Å². The Morgan fingerprint density at radius 3 is 2.72 bits per heavy atom. The fraction of sp³-hybridized carbons (Fsp3) is 0.400. The van der Waals surface area contributed by atoms with Crippen molar-refractivity contribution < 1.29 is 27.5 Å². The number of aliphatic hydroxyl groups is 1. The molecule has 2 atom stereocenters. The summed E-state index contributed by atoms with van der Waals surface area (Å²) in [6.07, 6.45) is -1.43. The summed E-state index contributed by atoms with van der Waals surface area (Å²) in [5, 5.41) is 13.0. The van der Waals surface area contributed by atoms with Crippen LogP contribution in [0.4, 0.5) is 0 Å². The number of carbonyl (C=O) groups is 1. The lowest BCUT2D eigenvalue weighted by Gasteiger charge is -2.15. The molecule has 29 heavy (non-hydrogen) atoms. The molecule has 0 unspecified atom stereocenters. The number of amides is 1. The average molecular weight is 421 g/mol. The first-order valence-corrected chi connectivity index (χ1v) is 10.9. The van der Waals surface area contributed by atoms with Crippen molar-refractivity contribution in [2.24, 2.45) is 0 Å². The van der Waals surface area contributed by atoms with Crippen LogP contribution in [0.25, 0.3) is 11.0 Å². The minimum Gasteiger partial charge on any atom is -0.489 e. The van der Waals surface area contributed by atoms with E-state index < -0.39 is 33.5 Å². The van der Waals surface area contributed by atoms with Gasteiger partial charge in [-0.3, -0.25) is 4.79 Å². The first kappa shape index (κ1) is 21.1. The highest BCUT2D eigenvalue weighted by molar-refractivity contribution is 7.91. The molecule has 0 bridgehead atoms. The van der Waals surface area contributed by atoms with E-state index in [1.807, 2.05) is 6.92 Å². The molecular weight excluding hydrogens is 398 g/mol. The number of aryl methyl sites for hydroxylation is 1. The van der Waals surface area contributed by atoms with Gasteiger partial charge in [0.1, 0.15) is 17.9 Å². The van der Waals surface area contributed by atoms with Gasteiger partial charge in [0.15, 0.2) is 9.84 Å². The van der Waals surface area contributed by atoms with Crippen LogP contribution < -0.4 is 15.7 Å². The van der Waals surface area contributed by atoms with Gasteiger partial charge in [-0.15, -0.1) is 0 Å². The summed E-state index contributed by atoms with van der Waals surface area (Å²) < 4.78 is 34.0. The maximum atomic E-state index is 12.4. The van der Waals surface area contributed by atoms with Crippen LogP contribution in [0.15, 0.2) is 39.6 Å². The van der Waals surface area contributed by atoms with Crippen molar-refractivity contribution in [1.82, 2.24) is 5.32 Å². The zero-order valence-corrected chi connectivity index (χ0v) is 17.0. The molecule has 156 valence electrons. The third kappa shape index (κ3) is 4.86. The van der Waals surface area contributed by atoms with Crippen molar-refractivity contribution in [3.8, 4) is 5.75 Å². The smallest absolute Gasteiger partial charge is 0.340 e. The monoisotopic (exact) mass is 421 g/mol. The minimum absolute atomic E-state index is 0.181. The number of benzene rings is 1. The second-order valence-electron chi connectivity index (χ2n) is 7.39. The predicted octanol–water partition coefficient (Wildman–Crippen LogP) is 0.873. The van der Waals surface area contributed by atoms with Crippen molar-refractivity contribution in [3.63, 3.8) is 0 Å². The highest BCUT2D eigenvalue weighted by atomic mass is 32.2. The Labute approximate surface area is 168 Å². The Kier molecular flexibility index (Phi) is 5.81. The molecule has 1 aliphatic rings. The van der Waals surface area contributed by atoms with Crippen LogP contribution in [0.1, 0.15) is 18.1 Å². The second kappa shape index (κ2) is 8.00. The van der Waals surface area contributed by atoms with Crippen LogP contribution in [0.5, 0.6) is 5.75 Å². The van der Waals surface area contributed by atoms with Crippen molar-refractivity contribution in [3.05, 3.63) is 51.9 Å². The van der Waals surface area contributed by atoms with Gasteiger partial charge in [0.25, 0.3) is 0 Å². The number of hydrogen-bond acceptors (Lipinski definition) is 7. The first-order chi connectivity index (χ1) is 13.6. The number of sulfone groups is 1. The summed E-state index contributed by atoms with van der Waals surface area (Å²) in [5.41, 5.74) is 1.32. The molecule has 2 N–H and O–H groups in total. The molecule has 1 fully saturated rings. The molecule has 1 aliphatic heterocycles. The number of fused-ring (bicyclic) bond motifs is 1. The summed E-state index contributed by atoms with van der Waals surface area (Å²) in [5.74, 6) is -0.726. The topological polar surface area (TPSA) is 123 Å². The summed E-state index contributed by atoms with van der Waals surface area (Å²) in [4.78, 5) is 24.8. The molecule has 0 radical (unpaired) electrons. The van der Waals surface area contributed by atoms with E-state index in [-0.39, 0.29) is 23.5 Å². The van der Waals surface area contributed by atoms with Gasteiger partial charge in [0.2, 0.25) is 5.91 Å². The Hall–Kier alpha value is -2.65. The van der Waals surface area contributed by atoms with Crippen LogP contribution in [-0.2, 0) is 21.1 Å². The molecule has 0 spiro atoms. The van der Waals surface area contributed by atoms with E-state index >= 15 is 0 Å². The molecule has 1 aromatic carbocycles. The van der Waals surface area contributed by atoms with Gasteiger partial charge >= 0.3 is 5.63 Å². The Morgan fingerprint density at radius 2 is 2.10 bits per heavy atom. The molecule has 1 aromatic heterocycles.